The van der Waals surface area contributed by atoms with E-state index in [4.69, 9.17) is 11.6 Å². The van der Waals surface area contributed by atoms with Crippen LogP contribution in [0.4, 0.5) is 11.4 Å². The average molecular weight is 314 g/mol. The summed E-state index contributed by atoms with van der Waals surface area (Å²) in [7, 11) is 0. The van der Waals surface area contributed by atoms with Crippen LogP contribution in [0.3, 0.4) is 0 Å². The van der Waals surface area contributed by atoms with Gasteiger partial charge in [-0.3, -0.25) is 4.79 Å². The van der Waals surface area contributed by atoms with E-state index in [1.165, 1.54) is 0 Å². The van der Waals surface area contributed by atoms with Gasteiger partial charge in [-0.2, -0.15) is 0 Å². The number of carbonyl (C=O) groups is 1. The van der Waals surface area contributed by atoms with Crippen LogP contribution in [-0.2, 0) is 4.79 Å². The van der Waals surface area contributed by atoms with Crippen LogP contribution < -0.4 is 10.6 Å². The van der Waals surface area contributed by atoms with Gasteiger partial charge in [0.15, 0.2) is 0 Å². The lowest BCUT2D eigenvalue weighted by atomic mass is 9.89. The topological polar surface area (TPSA) is 73.7 Å². The third kappa shape index (κ3) is 1.79. The van der Waals surface area contributed by atoms with Gasteiger partial charge in [0.1, 0.15) is 5.71 Å². The van der Waals surface area contributed by atoms with Crippen LogP contribution in [0, 0.1) is 0 Å². The highest BCUT2D eigenvalue weighted by Gasteiger charge is 2.43. The number of benzene rings is 2. The first-order valence-corrected chi connectivity index (χ1v) is 7.25. The molecule has 110 valence electrons. The zero-order chi connectivity index (χ0) is 15.3. The number of para-hydroxylation sites is 1. The highest BCUT2D eigenvalue weighted by atomic mass is 35.5. The molecule has 2 unspecified atom stereocenters. The van der Waals surface area contributed by atoms with Gasteiger partial charge in [-0.15, -0.1) is 0 Å². The highest BCUT2D eigenvalue weighted by molar-refractivity contribution is 6.31. The molecule has 0 aliphatic carbocycles. The van der Waals surface area contributed by atoms with Gasteiger partial charge in [0.05, 0.1) is 12.0 Å². The minimum Gasteiger partial charge on any atom is -0.411 e. The zero-order valence-corrected chi connectivity index (χ0v) is 12.1. The Bertz CT molecular complexity index is 819. The Hall–Kier alpha value is -2.53. The molecule has 0 saturated heterocycles. The molecule has 0 bridgehead atoms. The third-order valence-electron chi connectivity index (χ3n) is 4.14. The summed E-state index contributed by atoms with van der Waals surface area (Å²) in [6.07, 6.45) is 0. The Kier molecular flexibility index (Phi) is 2.84. The fourth-order valence-corrected chi connectivity index (χ4v) is 3.36. The monoisotopic (exact) mass is 313 g/mol. The highest BCUT2D eigenvalue weighted by Crippen LogP contribution is 2.41. The number of rotatable bonds is 1. The molecule has 2 aliphatic heterocycles. The van der Waals surface area contributed by atoms with Gasteiger partial charge in [-0.25, -0.2) is 0 Å². The number of hydrogen-bond donors (Lipinski definition) is 3. The van der Waals surface area contributed by atoms with Crippen LogP contribution in [0.2, 0.25) is 5.02 Å². The first-order valence-electron chi connectivity index (χ1n) is 6.87. The molecule has 6 heteroatoms. The first-order chi connectivity index (χ1) is 10.7. The van der Waals surface area contributed by atoms with Crippen molar-refractivity contribution in [2.45, 2.75) is 12.0 Å². The summed E-state index contributed by atoms with van der Waals surface area (Å²) in [5.74, 6) is -0.629. The zero-order valence-electron chi connectivity index (χ0n) is 11.4. The van der Waals surface area contributed by atoms with Crippen LogP contribution in [0.15, 0.2) is 47.6 Å². The van der Waals surface area contributed by atoms with Crippen molar-refractivity contribution in [1.82, 2.24) is 0 Å². The molecule has 0 radical (unpaired) electrons. The molecule has 2 aromatic rings. The van der Waals surface area contributed by atoms with Crippen LogP contribution in [-0.4, -0.2) is 22.9 Å². The number of nitrogens with one attached hydrogen (secondary N) is 2. The summed E-state index contributed by atoms with van der Waals surface area (Å²) in [5, 5.41) is 19.5. The predicted molar refractivity (Wildman–Crippen MR) is 85.0 cm³/mol. The minimum absolute atomic E-state index is 0.135. The summed E-state index contributed by atoms with van der Waals surface area (Å²) in [6, 6.07) is 12.4. The van der Waals surface area contributed by atoms with Gasteiger partial charge in [-0.1, -0.05) is 35.0 Å². The quantitative estimate of drug-likeness (QED) is 0.559. The number of anilines is 2. The molecular weight excluding hydrogens is 302 g/mol. The molecule has 1 amide bonds. The van der Waals surface area contributed by atoms with Crippen molar-refractivity contribution < 1.29 is 10.0 Å². The van der Waals surface area contributed by atoms with E-state index in [9.17, 15) is 10.0 Å². The van der Waals surface area contributed by atoms with Gasteiger partial charge in [-0.05, 0) is 29.8 Å². The van der Waals surface area contributed by atoms with Crippen molar-refractivity contribution in [2.75, 3.05) is 10.6 Å². The largest absolute Gasteiger partial charge is 0.411 e. The number of amides is 1. The number of nitrogens with zero attached hydrogens (tertiary/aromatic N) is 1. The van der Waals surface area contributed by atoms with E-state index in [-0.39, 0.29) is 5.91 Å². The number of oxime groups is 1. The Labute approximate surface area is 131 Å². The van der Waals surface area contributed by atoms with Gasteiger partial charge < -0.3 is 15.8 Å². The normalized spacial score (nSPS) is 23.9. The Morgan fingerprint density at radius 2 is 1.95 bits per heavy atom. The number of halogens is 1. The van der Waals surface area contributed by atoms with Crippen LogP contribution in [0.1, 0.15) is 17.0 Å². The molecule has 0 fully saturated rings. The Morgan fingerprint density at radius 1 is 1.14 bits per heavy atom. The maximum absolute atomic E-state index is 12.4. The second kappa shape index (κ2) is 4.74. The minimum atomic E-state index is -0.494. The lowest BCUT2D eigenvalue weighted by molar-refractivity contribution is -0.117. The van der Waals surface area contributed by atoms with Crippen LogP contribution >= 0.6 is 11.6 Å². The van der Waals surface area contributed by atoms with E-state index in [0.29, 0.717) is 10.7 Å². The van der Waals surface area contributed by atoms with E-state index in [1.807, 2.05) is 24.3 Å². The molecule has 4 rings (SSSR count). The lowest BCUT2D eigenvalue weighted by Crippen LogP contribution is -2.34. The number of fused-ring (bicyclic) bond motifs is 2. The van der Waals surface area contributed by atoms with Crippen molar-refractivity contribution in [3.8, 4) is 0 Å². The maximum Gasteiger partial charge on any atom is 0.234 e. The molecule has 5 nitrogen and oxygen atoms in total. The number of hydrogen-bond acceptors (Lipinski definition) is 4. The molecule has 2 aromatic carbocycles. The molecule has 0 saturated carbocycles. The summed E-state index contributed by atoms with van der Waals surface area (Å²) < 4.78 is 0. The smallest absolute Gasteiger partial charge is 0.234 e. The molecule has 0 aromatic heterocycles. The van der Waals surface area contributed by atoms with Gasteiger partial charge in [0, 0.05) is 22.0 Å². The SMILES string of the molecule is O=C1Nc2ccc(Cl)cc2C1C1Nc2ccccc2C1=NO. The van der Waals surface area contributed by atoms with Crippen molar-refractivity contribution in [2.24, 2.45) is 5.16 Å². The van der Waals surface area contributed by atoms with E-state index in [2.05, 4.69) is 15.8 Å². The predicted octanol–water partition coefficient (Wildman–Crippen LogP) is 3.05. The maximum atomic E-state index is 12.4. The van der Waals surface area contributed by atoms with E-state index in [0.717, 1.165) is 22.5 Å². The van der Waals surface area contributed by atoms with Crippen molar-refractivity contribution in [3.05, 3.63) is 58.6 Å². The number of carbonyl (C=O) groups excluding carboxylic acids is 1. The molecular formula is C16H12ClN3O2. The van der Waals surface area contributed by atoms with Crippen LogP contribution in [0.25, 0.3) is 0 Å². The molecule has 2 aliphatic rings. The molecule has 22 heavy (non-hydrogen) atoms. The summed E-state index contributed by atoms with van der Waals surface area (Å²) in [5.41, 5.74) is 3.67. The lowest BCUT2D eigenvalue weighted by Gasteiger charge is -2.18. The molecule has 2 heterocycles. The van der Waals surface area contributed by atoms with Gasteiger partial charge in [0.2, 0.25) is 5.91 Å². The third-order valence-corrected chi connectivity index (χ3v) is 4.37. The van der Waals surface area contributed by atoms with E-state index in [1.54, 1.807) is 18.2 Å². The van der Waals surface area contributed by atoms with Gasteiger partial charge in [0.25, 0.3) is 0 Å². The van der Waals surface area contributed by atoms with Crippen LogP contribution in [0.5, 0.6) is 0 Å². The Morgan fingerprint density at radius 3 is 2.77 bits per heavy atom. The van der Waals surface area contributed by atoms with Crippen molar-refractivity contribution >= 4 is 34.6 Å². The summed E-state index contributed by atoms with van der Waals surface area (Å²) in [6.45, 7) is 0. The molecule has 0 spiro atoms. The summed E-state index contributed by atoms with van der Waals surface area (Å²) >= 11 is 6.06. The van der Waals surface area contributed by atoms with Gasteiger partial charge >= 0.3 is 0 Å². The fourth-order valence-electron chi connectivity index (χ4n) is 3.18. The van der Waals surface area contributed by atoms with Crippen molar-refractivity contribution in [3.63, 3.8) is 0 Å². The van der Waals surface area contributed by atoms with E-state index >= 15 is 0 Å². The standard InChI is InChI=1S/C16H12ClN3O2/c17-8-5-6-12-10(7-8)13(16(21)19-12)15-14(20-22)9-3-1-2-4-11(9)18-15/h1-7,13,15,18,22H,(H,19,21). The molecule has 2 atom stereocenters. The molecule has 3 N–H and O–H groups in total. The second-order valence-electron chi connectivity index (χ2n) is 5.35. The fraction of sp³-hybridized carbons (Fsp3) is 0.125. The summed E-state index contributed by atoms with van der Waals surface area (Å²) in [4.78, 5) is 12.4. The Balaban J connectivity index is 1.81. The van der Waals surface area contributed by atoms with E-state index < -0.39 is 12.0 Å². The first kappa shape index (κ1) is 13.2. The average Bonchev–Trinajstić information content (AvgIpc) is 3.03. The van der Waals surface area contributed by atoms with Crippen molar-refractivity contribution in [1.29, 1.82) is 0 Å². The second-order valence-corrected chi connectivity index (χ2v) is 5.79.